The van der Waals surface area contributed by atoms with Crippen LogP contribution in [-0.2, 0) is 23.9 Å². The number of amides is 1. The van der Waals surface area contributed by atoms with Crippen molar-refractivity contribution in [1.29, 1.82) is 0 Å². The van der Waals surface area contributed by atoms with Crippen molar-refractivity contribution in [1.82, 2.24) is 5.32 Å². The molecular formula is C30H55NO5. The molecular weight excluding hydrogens is 454 g/mol. The van der Waals surface area contributed by atoms with Crippen molar-refractivity contribution in [2.24, 2.45) is 11.8 Å². The maximum atomic E-state index is 12.9. The second-order valence-corrected chi connectivity index (χ2v) is 11.2. The number of unbranched alkanes of at least 4 members (excludes halogenated alkanes) is 12. The lowest BCUT2D eigenvalue weighted by molar-refractivity contribution is -0.190. The molecule has 0 aromatic carbocycles. The number of esters is 2. The van der Waals surface area contributed by atoms with E-state index in [4.69, 9.17) is 9.47 Å². The third-order valence-electron chi connectivity index (χ3n) is 7.31. The number of carbonyl (C=O) groups is 3. The van der Waals surface area contributed by atoms with Gasteiger partial charge < -0.3 is 14.8 Å². The van der Waals surface area contributed by atoms with Gasteiger partial charge in [0, 0.05) is 6.42 Å². The lowest BCUT2D eigenvalue weighted by Crippen LogP contribution is -2.48. The van der Waals surface area contributed by atoms with E-state index in [1.165, 1.54) is 64.2 Å². The zero-order valence-electron chi connectivity index (χ0n) is 23.7. The Labute approximate surface area is 221 Å². The Hall–Kier alpha value is -1.59. The molecule has 6 heteroatoms. The minimum atomic E-state index is -0.633. The monoisotopic (exact) mass is 509 g/mol. The Morgan fingerprint density at radius 3 is 2.00 bits per heavy atom. The van der Waals surface area contributed by atoms with Gasteiger partial charge in [-0.05, 0) is 31.6 Å². The zero-order valence-corrected chi connectivity index (χ0v) is 23.7. The summed E-state index contributed by atoms with van der Waals surface area (Å²) in [6.45, 7) is 8.46. The summed E-state index contributed by atoms with van der Waals surface area (Å²) in [6, 6.07) is -0.633. The highest BCUT2D eigenvalue weighted by Crippen LogP contribution is 2.32. The van der Waals surface area contributed by atoms with E-state index in [-0.39, 0.29) is 36.0 Å². The maximum absolute atomic E-state index is 12.9. The lowest BCUT2D eigenvalue weighted by Gasteiger charge is -2.37. The molecule has 0 spiro atoms. The highest BCUT2D eigenvalue weighted by Gasteiger charge is 2.43. The Balaban J connectivity index is 2.55. The van der Waals surface area contributed by atoms with Crippen LogP contribution in [0.3, 0.4) is 0 Å². The van der Waals surface area contributed by atoms with E-state index in [1.807, 2.05) is 13.8 Å². The molecule has 1 saturated heterocycles. The third-order valence-corrected chi connectivity index (χ3v) is 7.31. The predicted octanol–water partition coefficient (Wildman–Crippen LogP) is 7.27. The van der Waals surface area contributed by atoms with Gasteiger partial charge in [-0.3, -0.25) is 9.59 Å². The fourth-order valence-electron chi connectivity index (χ4n) is 5.08. The number of nitrogens with one attached hydrogen (secondary N) is 1. The molecule has 0 aliphatic carbocycles. The molecule has 36 heavy (non-hydrogen) atoms. The van der Waals surface area contributed by atoms with E-state index in [2.05, 4.69) is 19.2 Å². The number of ether oxygens (including phenoxy) is 2. The standard InChI is InChI=1S/C30H55NO5/c1-5-7-9-11-12-13-14-15-16-17-19-25(35-30(34)27(31-23-32)21-24(3)4)22-28-26(29(33)36-28)20-18-10-8-6-2/h23-28H,5-22H2,1-4H3,(H,31,32). The molecule has 210 valence electrons. The van der Waals surface area contributed by atoms with Gasteiger partial charge in [0.2, 0.25) is 6.41 Å². The van der Waals surface area contributed by atoms with Crippen molar-refractivity contribution in [2.75, 3.05) is 0 Å². The molecule has 4 unspecified atom stereocenters. The normalized spacial score (nSPS) is 18.9. The summed E-state index contributed by atoms with van der Waals surface area (Å²) in [4.78, 5) is 36.0. The molecule has 1 fully saturated rings. The van der Waals surface area contributed by atoms with Crippen LogP contribution in [0.25, 0.3) is 0 Å². The maximum Gasteiger partial charge on any atom is 0.328 e. The van der Waals surface area contributed by atoms with Gasteiger partial charge in [-0.25, -0.2) is 4.79 Å². The smallest absolute Gasteiger partial charge is 0.328 e. The van der Waals surface area contributed by atoms with Crippen molar-refractivity contribution >= 4 is 18.3 Å². The Morgan fingerprint density at radius 2 is 1.47 bits per heavy atom. The van der Waals surface area contributed by atoms with Crippen molar-refractivity contribution in [2.45, 2.75) is 162 Å². The summed E-state index contributed by atoms with van der Waals surface area (Å²) in [7, 11) is 0. The molecule has 0 aromatic heterocycles. The number of hydrogen-bond donors (Lipinski definition) is 1. The topological polar surface area (TPSA) is 81.7 Å². The number of hydrogen-bond acceptors (Lipinski definition) is 5. The molecule has 6 nitrogen and oxygen atoms in total. The van der Waals surface area contributed by atoms with E-state index in [0.717, 1.165) is 38.5 Å². The van der Waals surface area contributed by atoms with Crippen molar-refractivity contribution < 1.29 is 23.9 Å². The van der Waals surface area contributed by atoms with Gasteiger partial charge in [0.1, 0.15) is 18.2 Å². The Bertz CT molecular complexity index is 594. The largest absolute Gasteiger partial charge is 0.461 e. The first kappa shape index (κ1) is 32.4. The molecule has 1 amide bonds. The van der Waals surface area contributed by atoms with Crippen LogP contribution in [0.1, 0.15) is 143 Å². The highest BCUT2D eigenvalue weighted by molar-refractivity contribution is 5.79. The molecule has 1 aliphatic heterocycles. The highest BCUT2D eigenvalue weighted by atomic mass is 16.6. The van der Waals surface area contributed by atoms with Gasteiger partial charge in [0.15, 0.2) is 0 Å². The van der Waals surface area contributed by atoms with E-state index in [9.17, 15) is 14.4 Å². The minimum absolute atomic E-state index is 0.0738. The first-order chi connectivity index (χ1) is 17.4. The molecule has 1 rings (SSSR count). The quantitative estimate of drug-likeness (QED) is 0.0840. The Morgan fingerprint density at radius 1 is 0.917 bits per heavy atom. The van der Waals surface area contributed by atoms with Crippen LogP contribution in [0.15, 0.2) is 0 Å². The molecule has 0 aromatic rings. The first-order valence-corrected chi connectivity index (χ1v) is 15.0. The van der Waals surface area contributed by atoms with E-state index in [1.54, 1.807) is 0 Å². The van der Waals surface area contributed by atoms with Crippen LogP contribution >= 0.6 is 0 Å². The van der Waals surface area contributed by atoms with Gasteiger partial charge in [-0.15, -0.1) is 0 Å². The van der Waals surface area contributed by atoms with Gasteiger partial charge >= 0.3 is 11.9 Å². The minimum Gasteiger partial charge on any atom is -0.461 e. The van der Waals surface area contributed by atoms with Crippen molar-refractivity contribution in [3.8, 4) is 0 Å². The third kappa shape index (κ3) is 14.2. The van der Waals surface area contributed by atoms with E-state index >= 15 is 0 Å². The van der Waals surface area contributed by atoms with Gasteiger partial charge in [0.05, 0.1) is 5.92 Å². The molecule has 0 radical (unpaired) electrons. The average Bonchev–Trinajstić information content (AvgIpc) is 2.84. The van der Waals surface area contributed by atoms with Crippen LogP contribution in [0.5, 0.6) is 0 Å². The molecule has 4 atom stereocenters. The summed E-state index contributed by atoms with van der Waals surface area (Å²) in [6.07, 6.45) is 19.9. The summed E-state index contributed by atoms with van der Waals surface area (Å²) >= 11 is 0. The molecule has 0 bridgehead atoms. The second-order valence-electron chi connectivity index (χ2n) is 11.2. The first-order valence-electron chi connectivity index (χ1n) is 15.0. The SMILES string of the molecule is CCCCCCCCCCCCC(CC1OC(=O)C1CCCCCC)OC(=O)C(CC(C)C)NC=O. The molecule has 1 heterocycles. The predicted molar refractivity (Wildman–Crippen MR) is 146 cm³/mol. The van der Waals surface area contributed by atoms with Crippen LogP contribution < -0.4 is 5.32 Å². The Kier molecular flexibility index (Phi) is 18.4. The van der Waals surface area contributed by atoms with Crippen LogP contribution in [0.2, 0.25) is 0 Å². The summed E-state index contributed by atoms with van der Waals surface area (Å²) < 4.78 is 11.4. The average molecular weight is 510 g/mol. The number of carbonyl (C=O) groups excluding carboxylic acids is 3. The van der Waals surface area contributed by atoms with Crippen molar-refractivity contribution in [3.63, 3.8) is 0 Å². The van der Waals surface area contributed by atoms with Gasteiger partial charge in [-0.2, -0.15) is 0 Å². The zero-order chi connectivity index (χ0) is 26.6. The number of rotatable bonds is 24. The van der Waals surface area contributed by atoms with E-state index < -0.39 is 6.04 Å². The molecule has 1 N–H and O–H groups in total. The van der Waals surface area contributed by atoms with Gasteiger partial charge in [-0.1, -0.05) is 111 Å². The van der Waals surface area contributed by atoms with Gasteiger partial charge in [0.25, 0.3) is 0 Å². The molecule has 0 saturated carbocycles. The van der Waals surface area contributed by atoms with Crippen LogP contribution in [0, 0.1) is 11.8 Å². The fourth-order valence-corrected chi connectivity index (χ4v) is 5.08. The fraction of sp³-hybridized carbons (Fsp3) is 0.900. The second kappa shape index (κ2) is 20.5. The summed E-state index contributed by atoms with van der Waals surface area (Å²) in [5.74, 6) is -0.301. The summed E-state index contributed by atoms with van der Waals surface area (Å²) in [5, 5.41) is 2.62. The van der Waals surface area contributed by atoms with Crippen LogP contribution in [-0.4, -0.2) is 36.6 Å². The summed E-state index contributed by atoms with van der Waals surface area (Å²) in [5.41, 5.74) is 0. The molecule has 1 aliphatic rings. The lowest BCUT2D eigenvalue weighted by atomic mass is 9.86. The van der Waals surface area contributed by atoms with Crippen molar-refractivity contribution in [3.05, 3.63) is 0 Å². The van der Waals surface area contributed by atoms with E-state index in [0.29, 0.717) is 19.3 Å². The number of cyclic esters (lactones) is 1. The van der Waals surface area contributed by atoms with Crippen LogP contribution in [0.4, 0.5) is 0 Å².